The Kier molecular flexibility index (Phi) is 9.88. The Morgan fingerprint density at radius 2 is 1.70 bits per heavy atom. The highest BCUT2D eigenvalue weighted by Crippen LogP contribution is 2.34. The number of hydrogen-bond acceptors (Lipinski definition) is 6. The smallest absolute Gasteiger partial charge is 0.286 e. The number of anilines is 1. The molecule has 1 saturated heterocycles. The van der Waals surface area contributed by atoms with Gasteiger partial charge in [-0.25, -0.2) is 4.39 Å². The van der Waals surface area contributed by atoms with Gasteiger partial charge in [0.1, 0.15) is 5.82 Å². The zero-order chi connectivity index (χ0) is 26.0. The summed E-state index contributed by atoms with van der Waals surface area (Å²) in [6.45, 7) is 5.59. The van der Waals surface area contributed by atoms with E-state index in [0.29, 0.717) is 60.0 Å². The summed E-state index contributed by atoms with van der Waals surface area (Å²) in [4.78, 5) is 21.6. The van der Waals surface area contributed by atoms with Gasteiger partial charge < -0.3 is 19.3 Å². The maximum atomic E-state index is 14.1. The van der Waals surface area contributed by atoms with Crippen molar-refractivity contribution in [3.63, 3.8) is 0 Å². The molecule has 0 spiro atoms. The van der Waals surface area contributed by atoms with Crippen LogP contribution in [0.1, 0.15) is 51.0 Å². The zero-order valence-corrected chi connectivity index (χ0v) is 22.6. The van der Waals surface area contributed by atoms with Crippen molar-refractivity contribution in [3.8, 4) is 11.5 Å². The molecule has 6 nitrogen and oxygen atoms in total. The molecule has 0 aliphatic carbocycles. The summed E-state index contributed by atoms with van der Waals surface area (Å²) < 4.78 is 25.6. The quantitative estimate of drug-likeness (QED) is 0.251. The van der Waals surface area contributed by atoms with Gasteiger partial charge in [-0.3, -0.25) is 4.79 Å². The lowest BCUT2D eigenvalue weighted by atomic mass is 10.1. The van der Waals surface area contributed by atoms with Gasteiger partial charge in [0.25, 0.3) is 5.91 Å². The Hall–Kier alpha value is -3.00. The van der Waals surface area contributed by atoms with E-state index in [1.807, 2.05) is 35.2 Å². The first-order valence-electron chi connectivity index (χ1n) is 13.2. The number of para-hydroxylation sites is 1. The number of ether oxygens (including phenoxy) is 2. The molecule has 4 rings (SSSR count). The molecular weight excluding hydrogens is 489 g/mol. The number of rotatable bonds is 11. The van der Waals surface area contributed by atoms with Gasteiger partial charge in [-0.15, -0.1) is 0 Å². The molecule has 0 saturated carbocycles. The van der Waals surface area contributed by atoms with Gasteiger partial charge in [0.15, 0.2) is 16.7 Å². The van der Waals surface area contributed by atoms with Crippen LogP contribution in [0.4, 0.5) is 10.1 Å². The van der Waals surface area contributed by atoms with Crippen LogP contribution in [0, 0.1) is 5.82 Å². The van der Waals surface area contributed by atoms with Gasteiger partial charge in [-0.1, -0.05) is 57.2 Å². The molecule has 0 unspecified atom stereocenters. The third kappa shape index (κ3) is 7.28. The number of amidine groups is 1. The van der Waals surface area contributed by atoms with E-state index in [1.54, 1.807) is 19.2 Å². The van der Waals surface area contributed by atoms with Gasteiger partial charge in [0, 0.05) is 26.2 Å². The minimum absolute atomic E-state index is 0.210. The average Bonchev–Trinajstić information content (AvgIpc) is 3.29. The van der Waals surface area contributed by atoms with Crippen molar-refractivity contribution in [1.82, 2.24) is 4.90 Å². The van der Waals surface area contributed by atoms with Crippen molar-refractivity contribution in [3.05, 3.63) is 58.8 Å². The van der Waals surface area contributed by atoms with E-state index in [2.05, 4.69) is 16.8 Å². The number of methoxy groups -OCH3 is 1. The fourth-order valence-corrected chi connectivity index (χ4v) is 5.45. The van der Waals surface area contributed by atoms with Crippen LogP contribution in [0.5, 0.6) is 11.5 Å². The predicted octanol–water partition coefficient (Wildman–Crippen LogP) is 6.37. The maximum absolute atomic E-state index is 14.1. The second kappa shape index (κ2) is 13.5. The Balaban J connectivity index is 1.30. The molecule has 2 aliphatic heterocycles. The highest BCUT2D eigenvalue weighted by atomic mass is 32.2. The number of piperazine rings is 1. The first kappa shape index (κ1) is 27.0. The van der Waals surface area contributed by atoms with Crippen molar-refractivity contribution in [2.75, 3.05) is 44.8 Å². The highest BCUT2D eigenvalue weighted by molar-refractivity contribution is 8.18. The second-order valence-corrected chi connectivity index (χ2v) is 10.3. The van der Waals surface area contributed by atoms with Crippen molar-refractivity contribution in [2.24, 2.45) is 4.99 Å². The summed E-state index contributed by atoms with van der Waals surface area (Å²) >= 11 is 1.39. The molecule has 1 amide bonds. The number of carbonyl (C=O) groups excluding carboxylic acids is 1. The van der Waals surface area contributed by atoms with Crippen LogP contribution < -0.4 is 14.4 Å². The molecule has 0 N–H and O–H groups in total. The van der Waals surface area contributed by atoms with Crippen LogP contribution in [0.15, 0.2) is 52.4 Å². The fourth-order valence-electron chi connectivity index (χ4n) is 4.49. The molecule has 0 radical (unpaired) electrons. The van der Waals surface area contributed by atoms with E-state index >= 15 is 0 Å². The van der Waals surface area contributed by atoms with Crippen molar-refractivity contribution in [2.45, 2.75) is 45.4 Å². The minimum Gasteiger partial charge on any atom is -0.493 e. The van der Waals surface area contributed by atoms with Gasteiger partial charge in [-0.2, -0.15) is 4.99 Å². The van der Waals surface area contributed by atoms with E-state index in [9.17, 15) is 9.18 Å². The van der Waals surface area contributed by atoms with Crippen molar-refractivity contribution < 1.29 is 18.7 Å². The van der Waals surface area contributed by atoms with Gasteiger partial charge in [0.2, 0.25) is 0 Å². The van der Waals surface area contributed by atoms with Crippen molar-refractivity contribution in [1.29, 1.82) is 0 Å². The lowest BCUT2D eigenvalue weighted by Crippen LogP contribution is -2.48. The number of unbranched alkanes of at least 4 members (excludes halogenated alkanes) is 5. The third-order valence-corrected chi connectivity index (χ3v) is 7.64. The summed E-state index contributed by atoms with van der Waals surface area (Å²) in [5, 5.41) is 0.704. The van der Waals surface area contributed by atoms with Crippen LogP contribution in [-0.4, -0.2) is 55.9 Å². The van der Waals surface area contributed by atoms with E-state index in [0.717, 1.165) is 12.0 Å². The zero-order valence-electron chi connectivity index (χ0n) is 21.7. The number of thioether (sulfide) groups is 1. The van der Waals surface area contributed by atoms with Crippen LogP contribution in [0.3, 0.4) is 0 Å². The van der Waals surface area contributed by atoms with Crippen LogP contribution >= 0.6 is 11.8 Å². The van der Waals surface area contributed by atoms with Gasteiger partial charge in [0.05, 0.1) is 24.3 Å². The van der Waals surface area contributed by atoms with E-state index in [4.69, 9.17) is 9.47 Å². The van der Waals surface area contributed by atoms with Crippen LogP contribution in [0.25, 0.3) is 6.08 Å². The molecule has 37 heavy (non-hydrogen) atoms. The lowest BCUT2D eigenvalue weighted by molar-refractivity contribution is -0.113. The SMILES string of the molecule is CCCCCCCCOc1ccc(/C=C2\SC(N3CCN(c4ccccc4F)CC3)=NC2=O)cc1OC. The van der Waals surface area contributed by atoms with Crippen LogP contribution in [0.2, 0.25) is 0 Å². The predicted molar refractivity (Wildman–Crippen MR) is 150 cm³/mol. The summed E-state index contributed by atoms with van der Waals surface area (Å²) in [5.41, 5.74) is 1.48. The second-order valence-electron chi connectivity index (χ2n) is 9.26. The normalized spacial score (nSPS) is 16.9. The summed E-state index contributed by atoms with van der Waals surface area (Å²) in [6, 6.07) is 12.6. The largest absolute Gasteiger partial charge is 0.493 e. The Labute approximate surface area is 223 Å². The molecule has 198 valence electrons. The molecule has 0 atom stereocenters. The van der Waals surface area contributed by atoms with Crippen molar-refractivity contribution >= 4 is 34.6 Å². The Bertz CT molecular complexity index is 1130. The average molecular weight is 526 g/mol. The fraction of sp³-hybridized carbons (Fsp3) is 0.448. The van der Waals surface area contributed by atoms with Gasteiger partial charge in [-0.05, 0) is 54.1 Å². The third-order valence-electron chi connectivity index (χ3n) is 6.59. The molecular formula is C29H36FN3O3S. The monoisotopic (exact) mass is 525 g/mol. The summed E-state index contributed by atoms with van der Waals surface area (Å²) in [5.74, 6) is 0.923. The molecule has 0 aromatic heterocycles. The number of aliphatic imine (C=N–C) groups is 1. The number of halogens is 1. The standard InChI is InChI=1S/C29H36FN3O3S/c1-3-4-5-6-7-10-19-36-25-14-13-22(20-26(25)35-2)21-27-28(34)31-29(37-27)33-17-15-32(16-18-33)24-12-9-8-11-23(24)30/h8-9,11-14,20-21H,3-7,10,15-19H2,1-2H3/b27-21-. The highest BCUT2D eigenvalue weighted by Gasteiger charge is 2.29. The van der Waals surface area contributed by atoms with Gasteiger partial charge >= 0.3 is 0 Å². The lowest BCUT2D eigenvalue weighted by Gasteiger charge is -2.36. The number of carbonyl (C=O) groups is 1. The summed E-state index contributed by atoms with van der Waals surface area (Å²) in [6.07, 6.45) is 9.13. The molecule has 0 bridgehead atoms. The topological polar surface area (TPSA) is 54.4 Å². The summed E-state index contributed by atoms with van der Waals surface area (Å²) in [7, 11) is 1.63. The molecule has 2 heterocycles. The first-order valence-corrected chi connectivity index (χ1v) is 14.0. The number of hydrogen-bond donors (Lipinski definition) is 0. The Morgan fingerprint density at radius 3 is 2.46 bits per heavy atom. The maximum Gasteiger partial charge on any atom is 0.286 e. The first-order chi connectivity index (χ1) is 18.1. The number of amides is 1. The number of nitrogens with zero attached hydrogens (tertiary/aromatic N) is 3. The van der Waals surface area contributed by atoms with E-state index < -0.39 is 0 Å². The minimum atomic E-state index is -0.237. The molecule has 8 heteroatoms. The Morgan fingerprint density at radius 1 is 0.973 bits per heavy atom. The number of benzene rings is 2. The molecule has 2 aromatic rings. The molecule has 2 aromatic carbocycles. The van der Waals surface area contributed by atoms with E-state index in [-0.39, 0.29) is 11.7 Å². The van der Waals surface area contributed by atoms with Crippen LogP contribution in [-0.2, 0) is 4.79 Å². The van der Waals surface area contributed by atoms with E-state index in [1.165, 1.54) is 49.9 Å². The molecule has 1 fully saturated rings. The molecule has 2 aliphatic rings.